The van der Waals surface area contributed by atoms with E-state index in [2.05, 4.69) is 53.8 Å². The Kier molecular flexibility index (Phi) is 3.29. The fourth-order valence-corrected chi connectivity index (χ4v) is 2.58. The average molecular weight is 259 g/mol. The molecule has 1 aliphatic rings. The lowest BCUT2D eigenvalue weighted by atomic mass is 10.1. The van der Waals surface area contributed by atoms with E-state index in [1.54, 1.807) is 0 Å². The van der Waals surface area contributed by atoms with Crippen LogP contribution in [0.2, 0.25) is 0 Å². The summed E-state index contributed by atoms with van der Waals surface area (Å²) >= 11 is 0. The van der Waals surface area contributed by atoms with Gasteiger partial charge in [0.05, 0.1) is 24.4 Å². The van der Waals surface area contributed by atoms with E-state index in [0.717, 1.165) is 25.2 Å². The SMILES string of the molecule is CC(C)N(C)CC1OCCn2nc3ccccc3c21. The summed E-state index contributed by atoms with van der Waals surface area (Å²) in [6, 6.07) is 8.85. The Balaban J connectivity index is 1.98. The molecule has 0 saturated heterocycles. The number of ether oxygens (including phenoxy) is 1. The van der Waals surface area contributed by atoms with Gasteiger partial charge in [0.2, 0.25) is 0 Å². The van der Waals surface area contributed by atoms with Crippen molar-refractivity contribution in [1.82, 2.24) is 14.7 Å². The standard InChI is InChI=1S/C15H21N3O/c1-11(2)17(3)10-14-15-12-6-4-5-7-13(12)16-18(15)8-9-19-14/h4-7,11,14H,8-10H2,1-3H3. The molecule has 0 aliphatic carbocycles. The zero-order chi connectivity index (χ0) is 13.4. The molecule has 1 aromatic heterocycles. The van der Waals surface area contributed by atoms with Gasteiger partial charge in [-0.25, -0.2) is 0 Å². The first-order valence-electron chi connectivity index (χ1n) is 6.94. The molecule has 3 rings (SSSR count). The highest BCUT2D eigenvalue weighted by molar-refractivity contribution is 5.82. The van der Waals surface area contributed by atoms with Crippen molar-refractivity contribution in [2.45, 2.75) is 32.5 Å². The van der Waals surface area contributed by atoms with Gasteiger partial charge in [-0.15, -0.1) is 0 Å². The summed E-state index contributed by atoms with van der Waals surface area (Å²) in [5, 5.41) is 5.90. The van der Waals surface area contributed by atoms with Gasteiger partial charge in [0.25, 0.3) is 0 Å². The van der Waals surface area contributed by atoms with E-state index in [1.807, 2.05) is 6.07 Å². The van der Waals surface area contributed by atoms with Crippen molar-refractivity contribution in [3.63, 3.8) is 0 Å². The average Bonchev–Trinajstić information content (AvgIpc) is 2.77. The smallest absolute Gasteiger partial charge is 0.112 e. The summed E-state index contributed by atoms with van der Waals surface area (Å²) < 4.78 is 8.11. The van der Waals surface area contributed by atoms with Crippen LogP contribution in [0.1, 0.15) is 25.6 Å². The first-order chi connectivity index (χ1) is 9.16. The minimum Gasteiger partial charge on any atom is -0.369 e. The highest BCUT2D eigenvalue weighted by Crippen LogP contribution is 2.30. The van der Waals surface area contributed by atoms with Gasteiger partial charge < -0.3 is 9.64 Å². The number of fused-ring (bicyclic) bond motifs is 3. The fraction of sp³-hybridized carbons (Fsp3) is 0.533. The molecule has 0 amide bonds. The molecule has 0 radical (unpaired) electrons. The second-order valence-corrected chi connectivity index (χ2v) is 5.52. The molecule has 0 spiro atoms. The first-order valence-corrected chi connectivity index (χ1v) is 6.94. The van der Waals surface area contributed by atoms with Crippen LogP contribution in [-0.2, 0) is 11.3 Å². The van der Waals surface area contributed by atoms with Gasteiger partial charge in [0.15, 0.2) is 0 Å². The minimum absolute atomic E-state index is 0.119. The number of rotatable bonds is 3. The Morgan fingerprint density at radius 1 is 1.42 bits per heavy atom. The largest absolute Gasteiger partial charge is 0.369 e. The molecule has 0 fully saturated rings. The lowest BCUT2D eigenvalue weighted by molar-refractivity contribution is -0.00471. The van der Waals surface area contributed by atoms with Crippen LogP contribution in [0.15, 0.2) is 24.3 Å². The van der Waals surface area contributed by atoms with Crippen molar-refractivity contribution in [2.75, 3.05) is 20.2 Å². The molecular formula is C15H21N3O. The van der Waals surface area contributed by atoms with Gasteiger partial charge in [-0.05, 0) is 27.0 Å². The van der Waals surface area contributed by atoms with E-state index in [9.17, 15) is 0 Å². The van der Waals surface area contributed by atoms with Crippen LogP contribution < -0.4 is 0 Å². The van der Waals surface area contributed by atoms with Gasteiger partial charge in [0.1, 0.15) is 6.10 Å². The molecule has 4 heteroatoms. The minimum atomic E-state index is 0.119. The van der Waals surface area contributed by atoms with Crippen LogP contribution >= 0.6 is 0 Å². The van der Waals surface area contributed by atoms with Crippen LogP contribution in [0.5, 0.6) is 0 Å². The Labute approximate surface area is 114 Å². The number of hydrogen-bond acceptors (Lipinski definition) is 3. The van der Waals surface area contributed by atoms with Crippen LogP contribution in [0.25, 0.3) is 10.9 Å². The second-order valence-electron chi connectivity index (χ2n) is 5.52. The summed E-state index contributed by atoms with van der Waals surface area (Å²) in [5.41, 5.74) is 2.30. The third-order valence-electron chi connectivity index (χ3n) is 3.95. The number of likely N-dealkylation sites (N-methyl/N-ethyl adjacent to an activating group) is 1. The quantitative estimate of drug-likeness (QED) is 0.848. The molecule has 19 heavy (non-hydrogen) atoms. The summed E-state index contributed by atoms with van der Waals surface area (Å²) in [4.78, 5) is 2.32. The van der Waals surface area contributed by atoms with E-state index >= 15 is 0 Å². The van der Waals surface area contributed by atoms with Crippen molar-refractivity contribution in [2.24, 2.45) is 0 Å². The molecular weight excluding hydrogens is 238 g/mol. The number of benzene rings is 1. The fourth-order valence-electron chi connectivity index (χ4n) is 2.58. The van der Waals surface area contributed by atoms with Crippen molar-refractivity contribution in [3.05, 3.63) is 30.0 Å². The molecule has 1 aromatic carbocycles. The lowest BCUT2D eigenvalue weighted by Gasteiger charge is -2.30. The zero-order valence-corrected chi connectivity index (χ0v) is 11.8. The molecule has 1 atom stereocenters. The van der Waals surface area contributed by atoms with E-state index < -0.39 is 0 Å². The maximum absolute atomic E-state index is 5.99. The van der Waals surface area contributed by atoms with Gasteiger partial charge in [-0.2, -0.15) is 5.10 Å². The monoisotopic (exact) mass is 259 g/mol. The van der Waals surface area contributed by atoms with Crippen molar-refractivity contribution in [1.29, 1.82) is 0 Å². The molecule has 2 heterocycles. The van der Waals surface area contributed by atoms with Crippen molar-refractivity contribution >= 4 is 10.9 Å². The van der Waals surface area contributed by atoms with Crippen molar-refractivity contribution < 1.29 is 4.74 Å². The third kappa shape index (κ3) is 2.26. The normalized spacial score (nSPS) is 19.3. The molecule has 1 unspecified atom stereocenters. The maximum Gasteiger partial charge on any atom is 0.112 e. The molecule has 1 aliphatic heterocycles. The molecule has 0 N–H and O–H groups in total. The summed E-state index contributed by atoms with van der Waals surface area (Å²) in [6.45, 7) is 6.92. The van der Waals surface area contributed by atoms with E-state index in [4.69, 9.17) is 4.74 Å². The van der Waals surface area contributed by atoms with Crippen LogP contribution in [0.4, 0.5) is 0 Å². The summed E-state index contributed by atoms with van der Waals surface area (Å²) in [6.07, 6.45) is 0.119. The Morgan fingerprint density at radius 3 is 3.00 bits per heavy atom. The molecule has 4 nitrogen and oxygen atoms in total. The van der Waals surface area contributed by atoms with E-state index in [-0.39, 0.29) is 6.10 Å². The Hall–Kier alpha value is -1.39. The van der Waals surface area contributed by atoms with E-state index in [1.165, 1.54) is 11.1 Å². The van der Waals surface area contributed by atoms with Crippen LogP contribution in [-0.4, -0.2) is 40.9 Å². The summed E-state index contributed by atoms with van der Waals surface area (Å²) in [7, 11) is 2.14. The highest BCUT2D eigenvalue weighted by atomic mass is 16.5. The third-order valence-corrected chi connectivity index (χ3v) is 3.95. The molecule has 0 saturated carbocycles. The number of nitrogens with zero attached hydrogens (tertiary/aromatic N) is 3. The zero-order valence-electron chi connectivity index (χ0n) is 11.8. The Morgan fingerprint density at radius 2 is 2.21 bits per heavy atom. The van der Waals surface area contributed by atoms with Gasteiger partial charge in [-0.3, -0.25) is 4.68 Å². The first kappa shape index (κ1) is 12.6. The van der Waals surface area contributed by atoms with Gasteiger partial charge in [-0.1, -0.05) is 18.2 Å². The topological polar surface area (TPSA) is 30.3 Å². The highest BCUT2D eigenvalue weighted by Gasteiger charge is 2.26. The van der Waals surface area contributed by atoms with Crippen LogP contribution in [0.3, 0.4) is 0 Å². The molecule has 2 aromatic rings. The van der Waals surface area contributed by atoms with Crippen LogP contribution in [0, 0.1) is 0 Å². The van der Waals surface area contributed by atoms with E-state index in [0.29, 0.717) is 6.04 Å². The van der Waals surface area contributed by atoms with Gasteiger partial charge in [0, 0.05) is 18.0 Å². The maximum atomic E-state index is 5.99. The Bertz CT molecular complexity index is 576. The second kappa shape index (κ2) is 4.94. The number of hydrogen-bond donors (Lipinski definition) is 0. The van der Waals surface area contributed by atoms with Gasteiger partial charge >= 0.3 is 0 Å². The number of aromatic nitrogens is 2. The predicted octanol–water partition coefficient (Wildman–Crippen LogP) is 2.45. The molecule has 102 valence electrons. The molecule has 0 bridgehead atoms. The van der Waals surface area contributed by atoms with Crippen molar-refractivity contribution in [3.8, 4) is 0 Å². The predicted molar refractivity (Wildman–Crippen MR) is 76.2 cm³/mol. The summed E-state index contributed by atoms with van der Waals surface area (Å²) in [5.74, 6) is 0. The lowest BCUT2D eigenvalue weighted by Crippen LogP contribution is -2.35.